The third-order valence-electron chi connectivity index (χ3n) is 5.96. The molecule has 10 nitrogen and oxygen atoms in total. The van der Waals surface area contributed by atoms with Crippen LogP contribution in [0, 0.1) is 5.41 Å². The molecule has 0 saturated heterocycles. The molecule has 3 aromatic heterocycles. The predicted molar refractivity (Wildman–Crippen MR) is 126 cm³/mol. The van der Waals surface area contributed by atoms with Gasteiger partial charge in [-0.05, 0) is 48.2 Å². The number of nitrogens with zero attached hydrogens (tertiary/aromatic N) is 5. The Morgan fingerprint density at radius 3 is 2.82 bits per heavy atom. The lowest BCUT2D eigenvalue weighted by molar-refractivity contribution is 0.298. The maximum Gasteiger partial charge on any atom is 0.225 e. The average Bonchev–Trinajstić information content (AvgIpc) is 3.47. The van der Waals surface area contributed by atoms with Crippen molar-refractivity contribution in [2.45, 2.75) is 12.8 Å². The monoisotopic (exact) mass is 446 g/mol. The van der Waals surface area contributed by atoms with Crippen molar-refractivity contribution in [2.75, 3.05) is 44.3 Å². The molecule has 10 heteroatoms. The summed E-state index contributed by atoms with van der Waals surface area (Å²) in [5, 5.41) is 15.6. The predicted octanol–water partition coefficient (Wildman–Crippen LogP) is 2.49. The van der Waals surface area contributed by atoms with E-state index in [1.54, 1.807) is 25.5 Å². The smallest absolute Gasteiger partial charge is 0.225 e. The van der Waals surface area contributed by atoms with Gasteiger partial charge in [-0.25, -0.2) is 4.98 Å². The number of hydrogen-bond acceptors (Lipinski definition) is 9. The van der Waals surface area contributed by atoms with Crippen LogP contribution in [0.25, 0.3) is 17.2 Å². The molecule has 0 spiro atoms. The molecule has 4 N–H and O–H groups in total. The number of fused-ring (bicyclic) bond motifs is 2. The van der Waals surface area contributed by atoms with Crippen LogP contribution in [0.5, 0.6) is 5.75 Å². The number of methoxy groups -OCH3 is 1. The standard InChI is InChI=1S/C23H26N8O2/c1-32-17-5-4-15-6-9-30(10-7-16(15)13-17)11-8-26-20-18(14-24)22-27-21(19-3-2-12-33-19)29-31(22)23(25)28-20/h2-5,12-14,24,26H,6-11H2,1H3,(H2,25,28). The summed E-state index contributed by atoms with van der Waals surface area (Å²) >= 11 is 0. The Bertz CT molecular complexity index is 1280. The van der Waals surface area contributed by atoms with E-state index in [0.717, 1.165) is 38.2 Å². The van der Waals surface area contributed by atoms with E-state index in [0.29, 0.717) is 35.2 Å². The van der Waals surface area contributed by atoms with Gasteiger partial charge in [-0.1, -0.05) is 6.07 Å². The van der Waals surface area contributed by atoms with Gasteiger partial charge in [-0.3, -0.25) is 0 Å². The van der Waals surface area contributed by atoms with Crippen LogP contribution < -0.4 is 15.8 Å². The van der Waals surface area contributed by atoms with E-state index in [2.05, 4.69) is 37.4 Å². The van der Waals surface area contributed by atoms with Gasteiger partial charge in [0.15, 0.2) is 11.4 Å². The van der Waals surface area contributed by atoms with Crippen LogP contribution in [0.4, 0.5) is 11.8 Å². The molecule has 0 bridgehead atoms. The zero-order chi connectivity index (χ0) is 22.8. The van der Waals surface area contributed by atoms with Crippen LogP contribution in [-0.2, 0) is 12.8 Å². The number of nitrogens with two attached hydrogens (primary N) is 1. The molecule has 1 aliphatic heterocycles. The number of rotatable bonds is 7. The third kappa shape index (κ3) is 4.12. The summed E-state index contributed by atoms with van der Waals surface area (Å²) in [4.78, 5) is 11.4. The first-order valence-electron chi connectivity index (χ1n) is 10.9. The maximum atomic E-state index is 7.92. The Hall–Kier alpha value is -3.92. The van der Waals surface area contributed by atoms with Crippen molar-refractivity contribution in [2.24, 2.45) is 0 Å². The van der Waals surface area contributed by atoms with Gasteiger partial charge in [0.1, 0.15) is 11.6 Å². The van der Waals surface area contributed by atoms with Crippen molar-refractivity contribution in [1.29, 1.82) is 5.41 Å². The first-order chi connectivity index (χ1) is 16.2. The van der Waals surface area contributed by atoms with Crippen molar-refractivity contribution in [3.63, 3.8) is 0 Å². The molecule has 4 aromatic rings. The molecular formula is C23H26N8O2. The molecule has 0 aliphatic carbocycles. The highest BCUT2D eigenvalue weighted by molar-refractivity contribution is 5.93. The fraction of sp³-hybridized carbons (Fsp3) is 0.304. The van der Waals surface area contributed by atoms with Crippen molar-refractivity contribution in [3.05, 3.63) is 53.3 Å². The Labute approximate surface area is 190 Å². The number of aromatic nitrogens is 4. The van der Waals surface area contributed by atoms with E-state index in [4.69, 9.17) is 20.3 Å². The fourth-order valence-corrected chi connectivity index (χ4v) is 4.18. The van der Waals surface area contributed by atoms with Gasteiger partial charge in [0.25, 0.3) is 0 Å². The summed E-state index contributed by atoms with van der Waals surface area (Å²) in [5.41, 5.74) is 9.88. The van der Waals surface area contributed by atoms with Crippen molar-refractivity contribution >= 4 is 23.6 Å². The number of nitrogen functional groups attached to an aromatic ring is 1. The number of ether oxygens (including phenoxy) is 1. The summed E-state index contributed by atoms with van der Waals surface area (Å²) in [6.07, 6.45) is 4.79. The second-order valence-corrected chi connectivity index (χ2v) is 7.93. The van der Waals surface area contributed by atoms with Crippen molar-refractivity contribution in [1.82, 2.24) is 24.5 Å². The molecule has 0 radical (unpaired) electrons. The molecule has 0 amide bonds. The topological polar surface area (TPSA) is 131 Å². The lowest BCUT2D eigenvalue weighted by Crippen LogP contribution is -2.31. The van der Waals surface area contributed by atoms with E-state index in [-0.39, 0.29) is 5.95 Å². The molecule has 0 saturated carbocycles. The summed E-state index contributed by atoms with van der Waals surface area (Å²) < 4.78 is 12.2. The molecular weight excluding hydrogens is 420 g/mol. The zero-order valence-corrected chi connectivity index (χ0v) is 18.4. The first kappa shape index (κ1) is 21.0. The van der Waals surface area contributed by atoms with Crippen LogP contribution in [-0.4, -0.2) is 64.0 Å². The number of furan rings is 1. The number of hydrogen-bond donors (Lipinski definition) is 3. The van der Waals surface area contributed by atoms with Gasteiger partial charge < -0.3 is 30.5 Å². The van der Waals surface area contributed by atoms with E-state index in [1.807, 2.05) is 6.07 Å². The van der Waals surface area contributed by atoms with Crippen LogP contribution in [0.3, 0.4) is 0 Å². The lowest BCUT2D eigenvalue weighted by Gasteiger charge is -2.20. The molecule has 170 valence electrons. The van der Waals surface area contributed by atoms with E-state index >= 15 is 0 Å². The second kappa shape index (κ2) is 8.91. The molecule has 0 atom stereocenters. The van der Waals surface area contributed by atoms with Crippen LogP contribution in [0.2, 0.25) is 0 Å². The van der Waals surface area contributed by atoms with Gasteiger partial charge in [-0.2, -0.15) is 9.50 Å². The minimum absolute atomic E-state index is 0.197. The Morgan fingerprint density at radius 1 is 1.21 bits per heavy atom. The van der Waals surface area contributed by atoms with E-state index < -0.39 is 0 Å². The van der Waals surface area contributed by atoms with Crippen molar-refractivity contribution in [3.8, 4) is 17.3 Å². The highest BCUT2D eigenvalue weighted by atomic mass is 16.5. The molecule has 4 heterocycles. The van der Waals surface area contributed by atoms with Gasteiger partial charge in [0.2, 0.25) is 11.8 Å². The zero-order valence-electron chi connectivity index (χ0n) is 18.4. The van der Waals surface area contributed by atoms with E-state index in [9.17, 15) is 0 Å². The maximum absolute atomic E-state index is 7.92. The summed E-state index contributed by atoms with van der Waals surface area (Å²) in [7, 11) is 1.70. The summed E-state index contributed by atoms with van der Waals surface area (Å²) in [5.74, 6) is 2.56. The summed E-state index contributed by atoms with van der Waals surface area (Å²) in [6, 6.07) is 9.89. The first-order valence-corrected chi connectivity index (χ1v) is 10.9. The van der Waals surface area contributed by atoms with Gasteiger partial charge in [0, 0.05) is 32.4 Å². The number of nitrogens with one attached hydrogen (secondary N) is 2. The lowest BCUT2D eigenvalue weighted by atomic mass is 10.0. The largest absolute Gasteiger partial charge is 0.497 e. The fourth-order valence-electron chi connectivity index (χ4n) is 4.18. The van der Waals surface area contributed by atoms with Gasteiger partial charge in [0.05, 0.1) is 18.9 Å². The van der Waals surface area contributed by atoms with Crippen LogP contribution in [0.15, 0.2) is 41.0 Å². The number of anilines is 2. The number of benzene rings is 1. The average molecular weight is 447 g/mol. The Balaban J connectivity index is 1.28. The highest BCUT2D eigenvalue weighted by Crippen LogP contribution is 2.24. The Morgan fingerprint density at radius 2 is 2.06 bits per heavy atom. The minimum atomic E-state index is 0.197. The molecule has 33 heavy (non-hydrogen) atoms. The molecule has 1 aromatic carbocycles. The normalized spacial score (nSPS) is 14.1. The van der Waals surface area contributed by atoms with Gasteiger partial charge in [-0.15, -0.1) is 5.10 Å². The molecule has 0 fully saturated rings. The Kier molecular flexibility index (Phi) is 5.66. The SMILES string of the molecule is COc1ccc2c(c1)CCN(CCNc1nc(N)n3nc(-c4ccco4)nc3c1C=N)CC2. The third-order valence-corrected chi connectivity index (χ3v) is 5.96. The quantitative estimate of drug-likeness (QED) is 0.369. The molecule has 5 rings (SSSR count). The molecule has 1 aliphatic rings. The van der Waals surface area contributed by atoms with Crippen molar-refractivity contribution < 1.29 is 9.15 Å². The van der Waals surface area contributed by atoms with E-state index in [1.165, 1.54) is 21.9 Å². The minimum Gasteiger partial charge on any atom is -0.497 e. The van der Waals surface area contributed by atoms with Gasteiger partial charge >= 0.3 is 0 Å². The van der Waals surface area contributed by atoms with Crippen LogP contribution >= 0.6 is 0 Å². The van der Waals surface area contributed by atoms with Crippen LogP contribution in [0.1, 0.15) is 16.7 Å². The molecule has 0 unspecified atom stereocenters. The summed E-state index contributed by atoms with van der Waals surface area (Å²) in [6.45, 7) is 3.48. The highest BCUT2D eigenvalue weighted by Gasteiger charge is 2.18. The second-order valence-electron chi connectivity index (χ2n) is 7.93.